The fraction of sp³-hybridized carbons (Fsp3) is 0.333. The van der Waals surface area contributed by atoms with Gasteiger partial charge in [-0.3, -0.25) is 13.9 Å². The number of nitrogens with zero attached hydrogens (tertiary/aromatic N) is 2. The van der Waals surface area contributed by atoms with Crippen LogP contribution in [0.4, 0.5) is 5.69 Å². The number of benzene rings is 3. The number of aryl methyl sites for hydroxylation is 2. The van der Waals surface area contributed by atoms with Gasteiger partial charge >= 0.3 is 0 Å². The van der Waals surface area contributed by atoms with E-state index in [-0.39, 0.29) is 17.3 Å². The second-order valence-corrected chi connectivity index (χ2v) is 11.2. The van der Waals surface area contributed by atoms with E-state index in [9.17, 15) is 18.0 Å². The van der Waals surface area contributed by atoms with Gasteiger partial charge in [0.05, 0.1) is 10.6 Å². The van der Waals surface area contributed by atoms with E-state index in [2.05, 4.69) is 5.32 Å². The van der Waals surface area contributed by atoms with E-state index in [1.807, 2.05) is 70.2 Å². The van der Waals surface area contributed by atoms with E-state index in [0.717, 1.165) is 27.4 Å². The first-order valence-electron chi connectivity index (χ1n) is 12.9. The minimum atomic E-state index is -4.07. The minimum Gasteiger partial charge on any atom is -0.354 e. The van der Waals surface area contributed by atoms with E-state index >= 15 is 0 Å². The predicted octanol–water partition coefficient (Wildman–Crippen LogP) is 4.83. The second kappa shape index (κ2) is 13.2. The quantitative estimate of drug-likeness (QED) is 0.360. The number of anilines is 1. The Balaban J connectivity index is 2.03. The smallest absolute Gasteiger partial charge is 0.264 e. The summed E-state index contributed by atoms with van der Waals surface area (Å²) in [6.07, 6.45) is 1.16. The third-order valence-corrected chi connectivity index (χ3v) is 8.13. The summed E-state index contributed by atoms with van der Waals surface area (Å²) in [5.41, 5.74) is 3.13. The Morgan fingerprint density at radius 1 is 0.842 bits per heavy atom. The van der Waals surface area contributed by atoms with Crippen molar-refractivity contribution >= 4 is 27.5 Å². The second-order valence-electron chi connectivity index (χ2n) is 9.38. The van der Waals surface area contributed by atoms with Gasteiger partial charge in [0.1, 0.15) is 12.6 Å². The van der Waals surface area contributed by atoms with E-state index in [1.165, 1.54) is 4.90 Å². The number of carbonyl (C=O) groups excluding carboxylic acids is 2. The van der Waals surface area contributed by atoms with E-state index < -0.39 is 28.5 Å². The van der Waals surface area contributed by atoms with Crippen LogP contribution in [0.25, 0.3) is 0 Å². The summed E-state index contributed by atoms with van der Waals surface area (Å²) >= 11 is 0. The molecule has 0 aliphatic rings. The molecule has 0 heterocycles. The molecule has 0 unspecified atom stereocenters. The van der Waals surface area contributed by atoms with Crippen molar-refractivity contribution in [1.82, 2.24) is 10.2 Å². The largest absolute Gasteiger partial charge is 0.354 e. The number of amides is 2. The topological polar surface area (TPSA) is 86.8 Å². The maximum atomic E-state index is 13.9. The Bertz CT molecular complexity index is 1310. The van der Waals surface area contributed by atoms with Crippen LogP contribution in [-0.4, -0.2) is 44.3 Å². The van der Waals surface area contributed by atoms with Gasteiger partial charge in [-0.05, 0) is 56.5 Å². The average molecular weight is 536 g/mol. The zero-order valence-electron chi connectivity index (χ0n) is 22.6. The summed E-state index contributed by atoms with van der Waals surface area (Å²) in [6, 6.07) is 22.2. The van der Waals surface area contributed by atoms with Crippen molar-refractivity contribution in [3.63, 3.8) is 0 Å². The van der Waals surface area contributed by atoms with Crippen LogP contribution in [0.3, 0.4) is 0 Å². The van der Waals surface area contributed by atoms with Gasteiger partial charge in [-0.1, -0.05) is 79.6 Å². The van der Waals surface area contributed by atoms with Gasteiger partial charge < -0.3 is 10.2 Å². The maximum absolute atomic E-state index is 13.9. The van der Waals surface area contributed by atoms with Gasteiger partial charge in [-0.2, -0.15) is 0 Å². The Hall–Kier alpha value is -3.65. The van der Waals surface area contributed by atoms with Crippen LogP contribution in [0, 0.1) is 13.8 Å². The molecule has 0 fully saturated rings. The van der Waals surface area contributed by atoms with E-state index in [0.29, 0.717) is 18.7 Å². The first-order valence-corrected chi connectivity index (χ1v) is 14.4. The highest BCUT2D eigenvalue weighted by Gasteiger charge is 2.33. The number of rotatable bonds is 12. The van der Waals surface area contributed by atoms with Gasteiger partial charge in [-0.15, -0.1) is 0 Å². The molecule has 202 valence electrons. The summed E-state index contributed by atoms with van der Waals surface area (Å²) in [7, 11) is -4.07. The number of carbonyl (C=O) groups is 2. The summed E-state index contributed by atoms with van der Waals surface area (Å²) in [5, 5.41) is 2.89. The Morgan fingerprint density at radius 2 is 1.42 bits per heavy atom. The lowest BCUT2D eigenvalue weighted by atomic mass is 10.1. The number of hydrogen-bond acceptors (Lipinski definition) is 4. The van der Waals surface area contributed by atoms with Gasteiger partial charge in [0.25, 0.3) is 10.0 Å². The van der Waals surface area contributed by atoms with Crippen LogP contribution >= 0.6 is 0 Å². The molecule has 1 N–H and O–H groups in total. The maximum Gasteiger partial charge on any atom is 0.264 e. The molecule has 38 heavy (non-hydrogen) atoms. The van der Waals surface area contributed by atoms with Gasteiger partial charge in [0.15, 0.2) is 0 Å². The van der Waals surface area contributed by atoms with Crippen LogP contribution in [0.2, 0.25) is 0 Å². The van der Waals surface area contributed by atoms with Crippen LogP contribution in [0.15, 0.2) is 83.8 Å². The van der Waals surface area contributed by atoms with Crippen molar-refractivity contribution in [2.24, 2.45) is 0 Å². The molecule has 0 aliphatic carbocycles. The van der Waals surface area contributed by atoms with Gasteiger partial charge in [0, 0.05) is 13.1 Å². The minimum absolute atomic E-state index is 0.0961. The zero-order chi connectivity index (χ0) is 27.7. The van der Waals surface area contributed by atoms with Crippen molar-refractivity contribution in [1.29, 1.82) is 0 Å². The highest BCUT2D eigenvalue weighted by Crippen LogP contribution is 2.25. The monoisotopic (exact) mass is 535 g/mol. The third kappa shape index (κ3) is 7.22. The van der Waals surface area contributed by atoms with E-state index in [4.69, 9.17) is 0 Å². The molecule has 0 bridgehead atoms. The molecule has 0 radical (unpaired) electrons. The Kier molecular flexibility index (Phi) is 10.1. The zero-order valence-corrected chi connectivity index (χ0v) is 23.4. The lowest BCUT2D eigenvalue weighted by Gasteiger charge is -2.33. The van der Waals surface area contributed by atoms with Crippen LogP contribution in [-0.2, 0) is 26.2 Å². The molecule has 2 amide bonds. The molecule has 0 saturated heterocycles. The summed E-state index contributed by atoms with van der Waals surface area (Å²) < 4.78 is 28.8. The first-order chi connectivity index (χ1) is 18.2. The first kappa shape index (κ1) is 28.9. The molecule has 7 nitrogen and oxygen atoms in total. The molecule has 0 saturated carbocycles. The normalized spacial score (nSPS) is 12.0. The lowest BCUT2D eigenvalue weighted by molar-refractivity contribution is -0.140. The number of hydrogen-bond donors (Lipinski definition) is 1. The third-order valence-electron chi connectivity index (χ3n) is 6.34. The molecule has 1 atom stereocenters. The van der Waals surface area contributed by atoms with Crippen molar-refractivity contribution in [2.45, 2.75) is 58.0 Å². The predicted molar refractivity (Wildman–Crippen MR) is 151 cm³/mol. The molecular weight excluding hydrogens is 498 g/mol. The Labute approximate surface area is 226 Å². The highest BCUT2D eigenvalue weighted by molar-refractivity contribution is 7.92. The molecule has 3 rings (SSSR count). The molecule has 0 aromatic heterocycles. The number of sulfonamides is 1. The summed E-state index contributed by atoms with van der Waals surface area (Å²) in [4.78, 5) is 28.6. The fourth-order valence-electron chi connectivity index (χ4n) is 4.14. The molecule has 3 aromatic carbocycles. The standard InChI is InChI=1S/C30H37N3O4S/c1-5-20-31-30(35)28(6-2)32(21-25-10-8-7-9-11-25)29(34)22-33(26-16-12-23(3)13-17-26)38(36,37)27-18-14-24(4)15-19-27/h7-19,28H,5-6,20-22H2,1-4H3,(H,31,35)/t28-/m1/s1. The molecule has 0 aliphatic heterocycles. The van der Waals surface area contributed by atoms with Crippen LogP contribution in [0.5, 0.6) is 0 Å². The van der Waals surface area contributed by atoms with E-state index in [1.54, 1.807) is 36.4 Å². The van der Waals surface area contributed by atoms with Crippen LogP contribution in [0.1, 0.15) is 43.4 Å². The van der Waals surface area contributed by atoms with Crippen molar-refractivity contribution in [3.8, 4) is 0 Å². The van der Waals surface area contributed by atoms with Gasteiger partial charge in [-0.25, -0.2) is 8.42 Å². The molecular formula is C30H37N3O4S. The van der Waals surface area contributed by atoms with Crippen LogP contribution < -0.4 is 9.62 Å². The van der Waals surface area contributed by atoms with Gasteiger partial charge in [0.2, 0.25) is 11.8 Å². The SMILES string of the molecule is CCCNC(=O)[C@@H](CC)N(Cc1ccccc1)C(=O)CN(c1ccc(C)cc1)S(=O)(=O)c1ccc(C)cc1. The lowest BCUT2D eigenvalue weighted by Crippen LogP contribution is -2.52. The fourth-order valence-corrected chi connectivity index (χ4v) is 5.56. The average Bonchev–Trinajstić information content (AvgIpc) is 2.91. The summed E-state index contributed by atoms with van der Waals surface area (Å²) in [5.74, 6) is -0.703. The van der Waals surface area contributed by atoms with Crippen molar-refractivity contribution in [3.05, 3.63) is 95.6 Å². The molecule has 0 spiro atoms. The van der Waals surface area contributed by atoms with Crippen molar-refractivity contribution < 1.29 is 18.0 Å². The molecule has 3 aromatic rings. The highest BCUT2D eigenvalue weighted by atomic mass is 32.2. The van der Waals surface area contributed by atoms with Crippen molar-refractivity contribution in [2.75, 3.05) is 17.4 Å². The summed E-state index contributed by atoms with van der Waals surface area (Å²) in [6.45, 7) is 7.85. The molecule has 8 heteroatoms. The number of nitrogens with one attached hydrogen (secondary N) is 1. The Morgan fingerprint density at radius 3 is 1.97 bits per heavy atom.